The fourth-order valence-corrected chi connectivity index (χ4v) is 1.51. The van der Waals surface area contributed by atoms with Gasteiger partial charge in [0.05, 0.1) is 20.8 Å². The van der Waals surface area contributed by atoms with E-state index in [9.17, 15) is 10.0 Å². The zero-order chi connectivity index (χ0) is 12.1. The van der Waals surface area contributed by atoms with Gasteiger partial charge in [-0.2, -0.15) is 0 Å². The van der Waals surface area contributed by atoms with Gasteiger partial charge in [-0.25, -0.2) is 0 Å². The first-order valence-electron chi connectivity index (χ1n) is 4.73. The lowest BCUT2D eigenvalue weighted by atomic mass is 9.76. The van der Waals surface area contributed by atoms with E-state index >= 15 is 0 Å². The predicted molar refractivity (Wildman–Crippen MR) is 60.1 cm³/mol. The van der Waals surface area contributed by atoms with E-state index in [1.165, 1.54) is 21.3 Å². The molecule has 0 fully saturated rings. The summed E-state index contributed by atoms with van der Waals surface area (Å²) >= 11 is 0. The highest BCUT2D eigenvalue weighted by Crippen LogP contribution is 2.21. The summed E-state index contributed by atoms with van der Waals surface area (Å²) < 4.78 is 15.1. The Kier molecular flexibility index (Phi) is 4.60. The molecule has 0 aliphatic heterocycles. The average Bonchev–Trinajstić information content (AvgIpc) is 2.27. The summed E-state index contributed by atoms with van der Waals surface area (Å²) in [6.45, 7) is 0.251. The molecule has 1 aromatic carbocycles. The van der Waals surface area contributed by atoms with E-state index in [4.69, 9.17) is 14.2 Å². The van der Waals surface area contributed by atoms with Crippen LogP contribution >= 0.6 is 0 Å². The van der Waals surface area contributed by atoms with E-state index in [1.54, 1.807) is 12.1 Å². The van der Waals surface area contributed by atoms with Crippen LogP contribution < -0.4 is 14.9 Å². The van der Waals surface area contributed by atoms with E-state index in [0.29, 0.717) is 22.5 Å². The quantitative estimate of drug-likeness (QED) is 0.664. The van der Waals surface area contributed by atoms with Crippen molar-refractivity contribution in [2.45, 2.75) is 6.61 Å². The van der Waals surface area contributed by atoms with Crippen LogP contribution in [0.2, 0.25) is 0 Å². The smallest absolute Gasteiger partial charge is 0.492 e. The molecule has 0 saturated carbocycles. The second-order valence-electron chi connectivity index (χ2n) is 3.21. The topological polar surface area (TPSA) is 68.2 Å². The van der Waals surface area contributed by atoms with Gasteiger partial charge in [0.25, 0.3) is 0 Å². The third kappa shape index (κ3) is 2.66. The fourth-order valence-electron chi connectivity index (χ4n) is 1.51. The summed E-state index contributed by atoms with van der Waals surface area (Å²) in [5.74, 6) is 0.940. The Morgan fingerprint density at radius 3 is 2.25 bits per heavy atom. The maximum atomic E-state index is 9.29. The molecule has 0 aliphatic rings. The highest BCUT2D eigenvalue weighted by Gasteiger charge is 2.22. The van der Waals surface area contributed by atoms with E-state index < -0.39 is 7.12 Å². The molecule has 0 heterocycles. The van der Waals surface area contributed by atoms with Gasteiger partial charge in [0.2, 0.25) is 0 Å². The summed E-state index contributed by atoms with van der Waals surface area (Å²) in [7, 11) is 2.91. The van der Waals surface area contributed by atoms with Crippen LogP contribution in [0.4, 0.5) is 0 Å². The zero-order valence-electron chi connectivity index (χ0n) is 9.56. The third-order valence-electron chi connectivity index (χ3n) is 2.21. The van der Waals surface area contributed by atoms with E-state index in [0.717, 1.165) is 0 Å². The van der Waals surface area contributed by atoms with Gasteiger partial charge in [0.15, 0.2) is 0 Å². The minimum Gasteiger partial charge on any atom is -0.497 e. The van der Waals surface area contributed by atoms with Crippen molar-refractivity contribution in [1.82, 2.24) is 0 Å². The molecule has 0 aromatic heterocycles. The summed E-state index contributed by atoms with van der Waals surface area (Å²) in [6, 6.07) is 3.27. The molecule has 6 heteroatoms. The predicted octanol–water partition coefficient (Wildman–Crippen LogP) is -0.470. The molecule has 5 nitrogen and oxygen atoms in total. The number of ether oxygens (including phenoxy) is 3. The molecule has 0 atom stereocenters. The maximum absolute atomic E-state index is 9.29. The van der Waals surface area contributed by atoms with Gasteiger partial charge in [-0.1, -0.05) is 0 Å². The second kappa shape index (κ2) is 5.74. The van der Waals surface area contributed by atoms with Crippen molar-refractivity contribution in [2.24, 2.45) is 0 Å². The molecule has 88 valence electrons. The fraction of sp³-hybridized carbons (Fsp3) is 0.400. The van der Waals surface area contributed by atoms with Crippen molar-refractivity contribution < 1.29 is 24.3 Å². The van der Waals surface area contributed by atoms with Crippen molar-refractivity contribution in [3.8, 4) is 11.5 Å². The van der Waals surface area contributed by atoms with Gasteiger partial charge in [-0.05, 0) is 11.6 Å². The van der Waals surface area contributed by atoms with Gasteiger partial charge in [0, 0.05) is 18.6 Å². The van der Waals surface area contributed by atoms with Crippen LogP contribution in [0.15, 0.2) is 12.1 Å². The van der Waals surface area contributed by atoms with E-state index in [1.807, 2.05) is 0 Å². The van der Waals surface area contributed by atoms with Gasteiger partial charge >= 0.3 is 7.12 Å². The molecule has 0 bridgehead atoms. The van der Waals surface area contributed by atoms with Crippen molar-refractivity contribution in [3.63, 3.8) is 0 Å². The highest BCUT2D eigenvalue weighted by molar-refractivity contribution is 6.60. The lowest BCUT2D eigenvalue weighted by Crippen LogP contribution is -2.34. The SMILES string of the molecule is COCc1cc(OC)cc(OC)c1B(O)O. The second-order valence-corrected chi connectivity index (χ2v) is 3.21. The molecular formula is C10H15BO5. The highest BCUT2D eigenvalue weighted by atomic mass is 16.5. The van der Waals surface area contributed by atoms with Crippen LogP contribution in [0.1, 0.15) is 5.56 Å². The molecule has 1 aromatic rings. The summed E-state index contributed by atoms with van der Waals surface area (Å²) in [4.78, 5) is 0. The van der Waals surface area contributed by atoms with Gasteiger partial charge < -0.3 is 24.3 Å². The minimum absolute atomic E-state index is 0.251. The number of hydrogen-bond acceptors (Lipinski definition) is 5. The molecule has 0 saturated heterocycles. The van der Waals surface area contributed by atoms with E-state index in [2.05, 4.69) is 0 Å². The Morgan fingerprint density at radius 2 is 1.81 bits per heavy atom. The van der Waals surface area contributed by atoms with Crippen molar-refractivity contribution in [3.05, 3.63) is 17.7 Å². The minimum atomic E-state index is -1.61. The van der Waals surface area contributed by atoms with Crippen LogP contribution in [0, 0.1) is 0 Å². The lowest BCUT2D eigenvalue weighted by Gasteiger charge is -2.14. The van der Waals surface area contributed by atoms with E-state index in [-0.39, 0.29) is 6.61 Å². The maximum Gasteiger partial charge on any atom is 0.492 e. The number of benzene rings is 1. The molecule has 0 aliphatic carbocycles. The Bertz CT molecular complexity index is 353. The summed E-state index contributed by atoms with van der Waals surface area (Å²) in [5, 5.41) is 18.6. The average molecular weight is 226 g/mol. The summed E-state index contributed by atoms with van der Waals surface area (Å²) in [6.07, 6.45) is 0. The standard InChI is InChI=1S/C10H15BO5/c1-14-6-7-4-8(15-2)5-9(16-3)10(7)11(12)13/h4-5,12-13H,6H2,1-3H3. The van der Waals surface area contributed by atoms with Crippen molar-refractivity contribution >= 4 is 12.6 Å². The third-order valence-corrected chi connectivity index (χ3v) is 2.21. The summed E-state index contributed by atoms with van der Waals surface area (Å²) in [5.41, 5.74) is 0.916. The van der Waals surface area contributed by atoms with Gasteiger partial charge in [-0.15, -0.1) is 0 Å². The van der Waals surface area contributed by atoms with Crippen LogP contribution in [-0.4, -0.2) is 38.5 Å². The monoisotopic (exact) mass is 226 g/mol. The first-order valence-corrected chi connectivity index (χ1v) is 4.73. The molecular weight excluding hydrogens is 211 g/mol. The number of hydrogen-bond donors (Lipinski definition) is 2. The van der Waals surface area contributed by atoms with Gasteiger partial charge in [-0.3, -0.25) is 0 Å². The first kappa shape index (κ1) is 12.8. The lowest BCUT2D eigenvalue weighted by molar-refractivity contribution is 0.185. The van der Waals surface area contributed by atoms with Crippen LogP contribution in [0.25, 0.3) is 0 Å². The van der Waals surface area contributed by atoms with Gasteiger partial charge in [0.1, 0.15) is 11.5 Å². The Labute approximate surface area is 94.7 Å². The van der Waals surface area contributed by atoms with Crippen LogP contribution in [-0.2, 0) is 11.3 Å². The normalized spacial score (nSPS) is 10.1. The molecule has 2 N–H and O–H groups in total. The molecule has 0 spiro atoms. The Morgan fingerprint density at radius 1 is 1.12 bits per heavy atom. The largest absolute Gasteiger partial charge is 0.497 e. The van der Waals surface area contributed by atoms with Crippen LogP contribution in [0.3, 0.4) is 0 Å². The molecule has 16 heavy (non-hydrogen) atoms. The Balaban J connectivity index is 3.29. The molecule has 0 unspecified atom stereocenters. The van der Waals surface area contributed by atoms with Crippen molar-refractivity contribution in [2.75, 3.05) is 21.3 Å². The molecule has 0 radical (unpaired) electrons. The first-order chi connectivity index (χ1) is 7.63. The molecule has 0 amide bonds. The number of rotatable bonds is 5. The van der Waals surface area contributed by atoms with Crippen molar-refractivity contribution in [1.29, 1.82) is 0 Å². The van der Waals surface area contributed by atoms with Crippen LogP contribution in [0.5, 0.6) is 11.5 Å². The Hall–Kier alpha value is -1.24. The number of methoxy groups -OCH3 is 3. The zero-order valence-corrected chi connectivity index (χ0v) is 9.56. The molecule has 1 rings (SSSR count).